The highest BCUT2D eigenvalue weighted by molar-refractivity contribution is 9.10. The first-order chi connectivity index (χ1) is 8.90. The second kappa shape index (κ2) is 5.43. The second-order valence-corrected chi connectivity index (χ2v) is 5.62. The highest BCUT2D eigenvalue weighted by Gasteiger charge is 2.15. The van der Waals surface area contributed by atoms with E-state index < -0.39 is 0 Å². The lowest BCUT2D eigenvalue weighted by molar-refractivity contribution is 0.620. The Morgan fingerprint density at radius 3 is 2.63 bits per heavy atom. The van der Waals surface area contributed by atoms with Crippen molar-refractivity contribution in [3.63, 3.8) is 0 Å². The molecule has 2 N–H and O–H groups in total. The minimum atomic E-state index is -0.250. The Morgan fingerprint density at radius 1 is 1.42 bits per heavy atom. The van der Waals surface area contributed by atoms with E-state index in [2.05, 4.69) is 21.0 Å². The van der Waals surface area contributed by atoms with Gasteiger partial charge in [0, 0.05) is 21.8 Å². The van der Waals surface area contributed by atoms with Crippen LogP contribution in [0.4, 0.5) is 4.39 Å². The third-order valence-electron chi connectivity index (χ3n) is 3.23. The quantitative estimate of drug-likeness (QED) is 0.939. The number of nitrogens with zero attached hydrogens (tertiary/aromatic N) is 2. The van der Waals surface area contributed by atoms with Crippen molar-refractivity contribution in [3.05, 3.63) is 51.0 Å². The molecule has 2 rings (SSSR count). The lowest BCUT2D eigenvalue weighted by Gasteiger charge is -2.09. The maximum Gasteiger partial charge on any atom is 0.124 e. The van der Waals surface area contributed by atoms with Gasteiger partial charge in [-0.15, -0.1) is 0 Å². The maximum atomic E-state index is 13.1. The molecule has 102 valence electrons. The van der Waals surface area contributed by atoms with Crippen molar-refractivity contribution in [1.29, 1.82) is 0 Å². The fraction of sp³-hybridized carbons (Fsp3) is 0.357. The summed E-state index contributed by atoms with van der Waals surface area (Å²) >= 11 is 3.38. The molecule has 1 heterocycles. The maximum absolute atomic E-state index is 13.1. The van der Waals surface area contributed by atoms with Gasteiger partial charge in [-0.3, -0.25) is 4.68 Å². The molecule has 0 amide bonds. The average molecular weight is 326 g/mol. The Balaban J connectivity index is 2.36. The van der Waals surface area contributed by atoms with Gasteiger partial charge < -0.3 is 5.73 Å². The van der Waals surface area contributed by atoms with E-state index >= 15 is 0 Å². The largest absolute Gasteiger partial charge is 0.324 e. The zero-order chi connectivity index (χ0) is 14.2. The Labute approximate surface area is 120 Å². The summed E-state index contributed by atoms with van der Waals surface area (Å²) in [5.74, 6) is -0.250. The molecule has 0 aliphatic rings. The summed E-state index contributed by atoms with van der Waals surface area (Å²) in [6.45, 7) is 6.52. The summed E-state index contributed by atoms with van der Waals surface area (Å²) in [4.78, 5) is 0. The normalized spacial score (nSPS) is 12.7. The molecule has 1 aromatic heterocycles. The Bertz CT molecular complexity index is 605. The van der Waals surface area contributed by atoms with Crippen LogP contribution in [0.1, 0.15) is 35.5 Å². The summed E-state index contributed by atoms with van der Waals surface area (Å²) in [5, 5.41) is 4.51. The van der Waals surface area contributed by atoms with Gasteiger partial charge in [0.25, 0.3) is 0 Å². The van der Waals surface area contributed by atoms with Gasteiger partial charge in [-0.05, 0) is 38.5 Å². The molecule has 2 aromatic rings. The average Bonchev–Trinajstić information content (AvgIpc) is 2.58. The van der Waals surface area contributed by atoms with Gasteiger partial charge in [0.2, 0.25) is 0 Å². The fourth-order valence-electron chi connectivity index (χ4n) is 2.33. The van der Waals surface area contributed by atoms with Crippen molar-refractivity contribution in [2.24, 2.45) is 5.73 Å². The molecular formula is C14H17BrFN3. The highest BCUT2D eigenvalue weighted by Crippen LogP contribution is 2.23. The van der Waals surface area contributed by atoms with Crippen LogP contribution in [0, 0.1) is 19.7 Å². The summed E-state index contributed by atoms with van der Waals surface area (Å²) in [5.41, 5.74) is 10.0. The third-order valence-corrected chi connectivity index (χ3v) is 3.97. The zero-order valence-electron chi connectivity index (χ0n) is 11.2. The van der Waals surface area contributed by atoms with Gasteiger partial charge in [0.05, 0.1) is 12.2 Å². The molecular weight excluding hydrogens is 309 g/mol. The molecule has 1 unspecified atom stereocenters. The summed E-state index contributed by atoms with van der Waals surface area (Å²) in [6, 6.07) is 4.65. The van der Waals surface area contributed by atoms with Crippen molar-refractivity contribution >= 4 is 15.9 Å². The van der Waals surface area contributed by atoms with E-state index in [1.54, 1.807) is 6.07 Å². The number of aryl methyl sites for hydroxylation is 1. The van der Waals surface area contributed by atoms with E-state index in [4.69, 9.17) is 5.73 Å². The molecule has 0 radical (unpaired) electrons. The van der Waals surface area contributed by atoms with Crippen molar-refractivity contribution in [2.75, 3.05) is 0 Å². The molecule has 0 bridgehead atoms. The lowest BCUT2D eigenvalue weighted by Crippen LogP contribution is -2.09. The molecule has 0 saturated heterocycles. The Morgan fingerprint density at radius 2 is 2.11 bits per heavy atom. The van der Waals surface area contributed by atoms with Gasteiger partial charge in [-0.2, -0.15) is 5.10 Å². The standard InChI is InChI=1S/C14H17BrFN3/c1-8(17)14-9(2)18-19(10(14)3)7-11-4-5-12(16)6-13(11)15/h4-6,8H,7,17H2,1-3H3. The topological polar surface area (TPSA) is 43.8 Å². The van der Waals surface area contributed by atoms with Crippen LogP contribution in [-0.4, -0.2) is 9.78 Å². The molecule has 1 atom stereocenters. The Hall–Kier alpha value is -1.20. The molecule has 5 heteroatoms. The van der Waals surface area contributed by atoms with E-state index in [1.165, 1.54) is 12.1 Å². The monoisotopic (exact) mass is 325 g/mol. The minimum Gasteiger partial charge on any atom is -0.324 e. The van der Waals surface area contributed by atoms with Crippen molar-refractivity contribution in [3.8, 4) is 0 Å². The van der Waals surface area contributed by atoms with Crippen molar-refractivity contribution in [2.45, 2.75) is 33.4 Å². The first-order valence-corrected chi connectivity index (χ1v) is 6.93. The van der Waals surface area contributed by atoms with E-state index in [9.17, 15) is 4.39 Å². The summed E-state index contributed by atoms with van der Waals surface area (Å²) < 4.78 is 15.7. The first-order valence-electron chi connectivity index (χ1n) is 6.13. The van der Waals surface area contributed by atoms with E-state index in [0.717, 1.165) is 27.0 Å². The van der Waals surface area contributed by atoms with E-state index in [1.807, 2.05) is 25.5 Å². The minimum absolute atomic E-state index is 0.0367. The number of hydrogen-bond acceptors (Lipinski definition) is 2. The van der Waals surface area contributed by atoms with Crippen molar-refractivity contribution in [1.82, 2.24) is 9.78 Å². The predicted octanol–water partition coefficient (Wildman–Crippen LogP) is 3.47. The number of halogens is 2. The van der Waals surface area contributed by atoms with Crippen LogP contribution in [-0.2, 0) is 6.54 Å². The summed E-state index contributed by atoms with van der Waals surface area (Å²) in [6.07, 6.45) is 0. The Kier molecular flexibility index (Phi) is 4.06. The lowest BCUT2D eigenvalue weighted by atomic mass is 10.1. The smallest absolute Gasteiger partial charge is 0.124 e. The predicted molar refractivity (Wildman–Crippen MR) is 77.5 cm³/mol. The first kappa shape index (κ1) is 14.2. The van der Waals surface area contributed by atoms with E-state index in [0.29, 0.717) is 6.54 Å². The molecule has 0 fully saturated rings. The number of rotatable bonds is 3. The molecule has 0 saturated carbocycles. The summed E-state index contributed by atoms with van der Waals surface area (Å²) in [7, 11) is 0. The number of benzene rings is 1. The van der Waals surface area contributed by atoms with Gasteiger partial charge >= 0.3 is 0 Å². The molecule has 3 nitrogen and oxygen atoms in total. The van der Waals surface area contributed by atoms with Gasteiger partial charge in [-0.1, -0.05) is 22.0 Å². The zero-order valence-corrected chi connectivity index (χ0v) is 12.8. The van der Waals surface area contributed by atoms with Crippen LogP contribution in [0.25, 0.3) is 0 Å². The molecule has 0 aliphatic carbocycles. The highest BCUT2D eigenvalue weighted by atomic mass is 79.9. The van der Waals surface area contributed by atoms with Crippen LogP contribution >= 0.6 is 15.9 Å². The second-order valence-electron chi connectivity index (χ2n) is 4.77. The van der Waals surface area contributed by atoms with Gasteiger partial charge in [0.1, 0.15) is 5.82 Å². The van der Waals surface area contributed by atoms with E-state index in [-0.39, 0.29) is 11.9 Å². The number of hydrogen-bond donors (Lipinski definition) is 1. The van der Waals surface area contributed by atoms with Crippen LogP contribution in [0.3, 0.4) is 0 Å². The molecule has 0 spiro atoms. The molecule has 19 heavy (non-hydrogen) atoms. The number of nitrogens with two attached hydrogens (primary N) is 1. The fourth-order valence-corrected chi connectivity index (χ4v) is 2.81. The van der Waals surface area contributed by atoms with Crippen molar-refractivity contribution < 1.29 is 4.39 Å². The molecule has 0 aliphatic heterocycles. The van der Waals surface area contributed by atoms with Crippen LogP contribution < -0.4 is 5.73 Å². The third kappa shape index (κ3) is 2.87. The van der Waals surface area contributed by atoms with Crippen LogP contribution in [0.15, 0.2) is 22.7 Å². The SMILES string of the molecule is Cc1nn(Cc2ccc(F)cc2Br)c(C)c1C(C)N. The van der Waals surface area contributed by atoms with Crippen LogP contribution in [0.5, 0.6) is 0 Å². The number of aromatic nitrogens is 2. The van der Waals surface area contributed by atoms with Gasteiger partial charge in [0.15, 0.2) is 0 Å². The molecule has 1 aromatic carbocycles. The van der Waals surface area contributed by atoms with Gasteiger partial charge in [-0.25, -0.2) is 4.39 Å². The van der Waals surface area contributed by atoms with Crippen LogP contribution in [0.2, 0.25) is 0 Å².